The van der Waals surface area contributed by atoms with Gasteiger partial charge >= 0.3 is 0 Å². The molecule has 2 aliphatic carbocycles. The predicted octanol–water partition coefficient (Wildman–Crippen LogP) is 17.5. The molecule has 1 heteroatoms. The van der Waals surface area contributed by atoms with Gasteiger partial charge in [0.2, 0.25) is 0 Å². The van der Waals surface area contributed by atoms with Crippen LogP contribution in [-0.2, 0) is 10.8 Å². The maximum atomic E-state index is 2.44. The van der Waals surface area contributed by atoms with Crippen LogP contribution in [0.5, 0.6) is 0 Å². The maximum Gasteiger partial charge on any atom is 0.0473 e. The minimum absolute atomic E-state index is 0.0141. The Kier molecular flexibility index (Phi) is 9.93. The monoisotopic (exact) mass is 833 g/mol. The lowest BCUT2D eigenvalue weighted by atomic mass is 9.75. The fraction of sp³-hybridized carbons (Fsp3) is 0.0938. The van der Waals surface area contributed by atoms with Gasteiger partial charge in [-0.25, -0.2) is 0 Å². The van der Waals surface area contributed by atoms with Crippen LogP contribution in [-0.4, -0.2) is 0 Å². The molecule has 11 rings (SSSR count). The number of rotatable bonds is 9. The second kappa shape index (κ2) is 16.1. The molecule has 0 atom stereocenters. The van der Waals surface area contributed by atoms with Crippen molar-refractivity contribution < 1.29 is 0 Å². The van der Waals surface area contributed by atoms with E-state index < -0.39 is 0 Å². The van der Waals surface area contributed by atoms with Crippen molar-refractivity contribution in [2.75, 3.05) is 4.90 Å². The van der Waals surface area contributed by atoms with E-state index in [1.807, 2.05) is 0 Å². The number of fused-ring (bicyclic) bond motifs is 4. The summed E-state index contributed by atoms with van der Waals surface area (Å²) in [5.41, 5.74) is 23.8. The van der Waals surface area contributed by atoms with Gasteiger partial charge in [0.25, 0.3) is 0 Å². The molecule has 0 aromatic heterocycles. The highest BCUT2D eigenvalue weighted by Gasteiger charge is 2.49. The second-order valence-electron chi connectivity index (χ2n) is 18.6. The lowest BCUT2D eigenvalue weighted by Gasteiger charge is -2.28. The number of benzene rings is 9. The SMILES string of the molecule is CC1(C)C2=C(c3ccccc31)C(C)(C)c1cc(-c3ccc(C=Cc4ccc(N(c5ccc(-c6ccccc6)cc5)c5cc(-c6ccccc6)cc(-c6ccccc6)c5)cc4)cc3)ccc12. The molecule has 9 aromatic rings. The summed E-state index contributed by atoms with van der Waals surface area (Å²) >= 11 is 0. The Morgan fingerprint density at radius 3 is 1.23 bits per heavy atom. The average molecular weight is 834 g/mol. The molecule has 65 heavy (non-hydrogen) atoms. The molecule has 1 nitrogen and oxygen atoms in total. The molecule has 2 aliphatic rings. The molecule has 0 radical (unpaired) electrons. The normalized spacial score (nSPS) is 14.3. The van der Waals surface area contributed by atoms with Gasteiger partial charge in [0.05, 0.1) is 0 Å². The molecule has 0 bridgehead atoms. The molecule has 0 unspecified atom stereocenters. The molecule has 0 N–H and O–H groups in total. The van der Waals surface area contributed by atoms with Gasteiger partial charge < -0.3 is 4.90 Å². The number of nitrogens with zero attached hydrogens (tertiary/aromatic N) is 1. The van der Waals surface area contributed by atoms with Crippen molar-refractivity contribution >= 4 is 40.4 Å². The molecular formula is C64H51N. The zero-order valence-corrected chi connectivity index (χ0v) is 37.5. The maximum absolute atomic E-state index is 2.44. The Labute approximate surface area is 384 Å². The molecule has 312 valence electrons. The zero-order valence-electron chi connectivity index (χ0n) is 37.5. The fourth-order valence-electron chi connectivity index (χ4n) is 10.5. The Balaban J connectivity index is 0.887. The van der Waals surface area contributed by atoms with E-state index >= 15 is 0 Å². The predicted molar refractivity (Wildman–Crippen MR) is 278 cm³/mol. The molecule has 0 saturated heterocycles. The third-order valence-corrected chi connectivity index (χ3v) is 13.8. The van der Waals surface area contributed by atoms with Crippen LogP contribution in [0.1, 0.15) is 61.1 Å². The summed E-state index contributed by atoms with van der Waals surface area (Å²) in [6.45, 7) is 9.59. The van der Waals surface area contributed by atoms with Gasteiger partial charge in [0.1, 0.15) is 0 Å². The molecular weight excluding hydrogens is 783 g/mol. The molecule has 0 heterocycles. The van der Waals surface area contributed by atoms with E-state index in [2.05, 4.69) is 269 Å². The standard InChI is InChI=1S/C64H51N/c1-63(2)59-23-15-14-22-57(59)61-62(63)58-39-34-51(43-60(58)64(61,3)4)50-30-26-44(27-31-50)24-25-45-28-35-54(36-29-45)65(55-37-32-49(33-38-55)46-16-8-5-9-17-46)56-41-52(47-18-10-6-11-19-47)40-53(42-56)48-20-12-7-13-21-48/h5-43H,1-4H3. The summed E-state index contributed by atoms with van der Waals surface area (Å²) in [6, 6.07) is 81.9. The lowest BCUT2D eigenvalue weighted by molar-refractivity contribution is 0.694. The van der Waals surface area contributed by atoms with Crippen LogP contribution in [0.3, 0.4) is 0 Å². The van der Waals surface area contributed by atoms with Gasteiger partial charge in [-0.1, -0.05) is 216 Å². The summed E-state index contributed by atoms with van der Waals surface area (Å²) in [5.74, 6) is 0. The van der Waals surface area contributed by atoms with Crippen molar-refractivity contribution in [2.45, 2.75) is 38.5 Å². The first kappa shape index (κ1) is 40.1. The smallest absolute Gasteiger partial charge is 0.0473 e. The highest BCUT2D eigenvalue weighted by atomic mass is 15.1. The van der Waals surface area contributed by atoms with Crippen molar-refractivity contribution in [3.05, 3.63) is 258 Å². The van der Waals surface area contributed by atoms with E-state index in [9.17, 15) is 0 Å². The van der Waals surface area contributed by atoms with Crippen molar-refractivity contribution in [3.8, 4) is 44.5 Å². The van der Waals surface area contributed by atoms with E-state index in [-0.39, 0.29) is 10.8 Å². The zero-order chi connectivity index (χ0) is 44.1. The number of anilines is 3. The number of hydrogen-bond acceptors (Lipinski definition) is 1. The van der Waals surface area contributed by atoms with Crippen LogP contribution >= 0.6 is 0 Å². The van der Waals surface area contributed by atoms with Crippen LogP contribution in [0.4, 0.5) is 17.1 Å². The lowest BCUT2D eigenvalue weighted by Crippen LogP contribution is -2.19. The molecule has 9 aromatic carbocycles. The summed E-state index contributed by atoms with van der Waals surface area (Å²) < 4.78 is 0. The first-order valence-corrected chi connectivity index (χ1v) is 22.8. The number of allylic oxidation sites excluding steroid dienone is 2. The topological polar surface area (TPSA) is 3.24 Å². The molecule has 0 amide bonds. The van der Waals surface area contributed by atoms with Gasteiger partial charge in [-0.3, -0.25) is 0 Å². The minimum Gasteiger partial charge on any atom is -0.310 e. The minimum atomic E-state index is -0.0654. The highest BCUT2D eigenvalue weighted by Crippen LogP contribution is 2.62. The summed E-state index contributed by atoms with van der Waals surface area (Å²) in [5, 5.41) is 0. The third-order valence-electron chi connectivity index (χ3n) is 13.8. The molecule has 0 aliphatic heterocycles. The van der Waals surface area contributed by atoms with Gasteiger partial charge in [-0.05, 0) is 138 Å². The largest absolute Gasteiger partial charge is 0.310 e. The van der Waals surface area contributed by atoms with Gasteiger partial charge in [0, 0.05) is 27.9 Å². The summed E-state index contributed by atoms with van der Waals surface area (Å²) in [6.07, 6.45) is 4.43. The van der Waals surface area contributed by atoms with Crippen molar-refractivity contribution in [1.82, 2.24) is 0 Å². The van der Waals surface area contributed by atoms with Crippen LogP contribution in [0.25, 0.3) is 67.8 Å². The van der Waals surface area contributed by atoms with Crippen molar-refractivity contribution in [1.29, 1.82) is 0 Å². The van der Waals surface area contributed by atoms with Crippen LogP contribution in [0.15, 0.2) is 224 Å². The van der Waals surface area contributed by atoms with Gasteiger partial charge in [0.15, 0.2) is 0 Å². The van der Waals surface area contributed by atoms with Crippen LogP contribution in [0.2, 0.25) is 0 Å². The first-order valence-electron chi connectivity index (χ1n) is 22.8. The summed E-state index contributed by atoms with van der Waals surface area (Å²) in [7, 11) is 0. The Morgan fingerprint density at radius 2 is 0.677 bits per heavy atom. The van der Waals surface area contributed by atoms with E-state index in [1.165, 1.54) is 83.5 Å². The Morgan fingerprint density at radius 1 is 0.292 bits per heavy atom. The number of hydrogen-bond donors (Lipinski definition) is 0. The highest BCUT2D eigenvalue weighted by molar-refractivity contribution is 6.09. The fourth-order valence-corrected chi connectivity index (χ4v) is 10.5. The van der Waals surface area contributed by atoms with Gasteiger partial charge in [-0.15, -0.1) is 0 Å². The van der Waals surface area contributed by atoms with Crippen molar-refractivity contribution in [3.63, 3.8) is 0 Å². The van der Waals surface area contributed by atoms with E-state index in [0.29, 0.717) is 0 Å². The van der Waals surface area contributed by atoms with Gasteiger partial charge in [-0.2, -0.15) is 0 Å². The summed E-state index contributed by atoms with van der Waals surface area (Å²) in [4.78, 5) is 2.38. The first-order chi connectivity index (χ1) is 31.7. The second-order valence-corrected chi connectivity index (χ2v) is 18.6. The van der Waals surface area contributed by atoms with Crippen molar-refractivity contribution in [2.24, 2.45) is 0 Å². The quantitative estimate of drug-likeness (QED) is 0.131. The molecule has 0 spiro atoms. The average Bonchev–Trinajstić information content (AvgIpc) is 3.76. The van der Waals surface area contributed by atoms with E-state index in [4.69, 9.17) is 0 Å². The van der Waals surface area contributed by atoms with Crippen LogP contribution in [0, 0.1) is 0 Å². The molecule has 0 saturated carbocycles. The third kappa shape index (κ3) is 7.24. The van der Waals surface area contributed by atoms with Crippen LogP contribution < -0.4 is 4.90 Å². The molecule has 0 fully saturated rings. The Bertz CT molecular complexity index is 3180. The van der Waals surface area contributed by atoms with E-state index in [0.717, 1.165) is 22.6 Å². The van der Waals surface area contributed by atoms with E-state index in [1.54, 1.807) is 0 Å². The Hall–Kier alpha value is -7.74.